The summed E-state index contributed by atoms with van der Waals surface area (Å²) in [5.74, 6) is 0.134. The topological polar surface area (TPSA) is 47.2 Å². The number of aromatic hydroxyl groups is 1. The highest BCUT2D eigenvalue weighted by Gasteiger charge is 2.12. The Labute approximate surface area is 73.0 Å². The third-order valence-electron chi connectivity index (χ3n) is 1.54. The van der Waals surface area contributed by atoms with Gasteiger partial charge < -0.3 is 10.3 Å². The third-order valence-corrected chi connectivity index (χ3v) is 2.49. The molecule has 1 aromatic heterocycles. The zero-order chi connectivity index (χ0) is 8.59. The minimum absolute atomic E-state index is 0.134. The maximum absolute atomic E-state index is 11.0. The predicted molar refractivity (Wildman–Crippen MR) is 44.2 cm³/mol. The largest absolute Gasteiger partial charge is 0.618 e. The van der Waals surface area contributed by atoms with E-state index in [0.717, 1.165) is 4.73 Å². The second-order valence-electron chi connectivity index (χ2n) is 2.39. The van der Waals surface area contributed by atoms with Crippen LogP contribution in [0.4, 0.5) is 0 Å². The molecule has 1 N–H and O–H groups in total. The van der Waals surface area contributed by atoms with Gasteiger partial charge in [0.15, 0.2) is 6.20 Å². The van der Waals surface area contributed by atoms with Gasteiger partial charge in [-0.2, -0.15) is 4.73 Å². The predicted octanol–water partition coefficient (Wildman–Crippen LogP) is 1.40. The Kier molecular flexibility index (Phi) is 2.04. The van der Waals surface area contributed by atoms with Crippen molar-refractivity contribution < 1.29 is 9.84 Å². The molecule has 1 rings (SSSR count). The molecule has 1 heterocycles. The van der Waals surface area contributed by atoms with Gasteiger partial charge in [-0.05, 0) is 22.9 Å². The lowest BCUT2D eigenvalue weighted by Gasteiger charge is -2.05. The van der Waals surface area contributed by atoms with Crippen LogP contribution in [0.15, 0.2) is 10.7 Å². The summed E-state index contributed by atoms with van der Waals surface area (Å²) in [6.45, 7) is 3.31. The summed E-state index contributed by atoms with van der Waals surface area (Å²) in [7, 11) is 0. The number of hydrogen-bond acceptors (Lipinski definition) is 2. The first-order valence-corrected chi connectivity index (χ1v) is 3.91. The van der Waals surface area contributed by atoms with Crippen molar-refractivity contribution in [2.75, 3.05) is 0 Å². The molecule has 60 valence electrons. The number of aryl methyl sites for hydroxylation is 1. The van der Waals surface area contributed by atoms with Crippen LogP contribution in [-0.2, 0) is 0 Å². The molecule has 11 heavy (non-hydrogen) atoms. The number of hydrogen-bond donors (Lipinski definition) is 1. The zero-order valence-corrected chi connectivity index (χ0v) is 7.84. The SMILES string of the molecule is Cc1c[n+]([O-])c(C)c(Br)c1O. The van der Waals surface area contributed by atoms with E-state index >= 15 is 0 Å². The Morgan fingerprint density at radius 1 is 1.55 bits per heavy atom. The number of halogens is 1. The van der Waals surface area contributed by atoms with Crippen molar-refractivity contribution in [3.63, 3.8) is 0 Å². The summed E-state index contributed by atoms with van der Waals surface area (Å²) < 4.78 is 1.19. The summed E-state index contributed by atoms with van der Waals surface area (Å²) in [6.07, 6.45) is 1.34. The minimum Gasteiger partial charge on any atom is -0.618 e. The van der Waals surface area contributed by atoms with Gasteiger partial charge >= 0.3 is 0 Å². The van der Waals surface area contributed by atoms with Crippen LogP contribution in [0.3, 0.4) is 0 Å². The molecule has 0 aliphatic rings. The van der Waals surface area contributed by atoms with Gasteiger partial charge in [0.1, 0.15) is 10.2 Å². The van der Waals surface area contributed by atoms with E-state index in [2.05, 4.69) is 15.9 Å². The van der Waals surface area contributed by atoms with E-state index in [0.29, 0.717) is 15.7 Å². The van der Waals surface area contributed by atoms with Crippen LogP contribution < -0.4 is 4.73 Å². The fourth-order valence-electron chi connectivity index (χ4n) is 0.775. The third kappa shape index (κ3) is 1.30. The second kappa shape index (κ2) is 2.70. The van der Waals surface area contributed by atoms with Crippen molar-refractivity contribution in [2.24, 2.45) is 0 Å². The molecule has 0 unspecified atom stereocenters. The van der Waals surface area contributed by atoms with Gasteiger partial charge in [0, 0.05) is 6.92 Å². The molecule has 0 atom stereocenters. The molecule has 0 aliphatic carbocycles. The van der Waals surface area contributed by atoms with Gasteiger partial charge in [0.05, 0.1) is 5.56 Å². The van der Waals surface area contributed by atoms with Crippen LogP contribution in [-0.4, -0.2) is 5.11 Å². The lowest BCUT2D eigenvalue weighted by Crippen LogP contribution is -2.30. The molecule has 0 radical (unpaired) electrons. The maximum atomic E-state index is 11.0. The average molecular weight is 218 g/mol. The van der Waals surface area contributed by atoms with E-state index in [4.69, 9.17) is 0 Å². The van der Waals surface area contributed by atoms with Crippen LogP contribution in [0.25, 0.3) is 0 Å². The standard InChI is InChI=1S/C7H8BrNO2/c1-4-3-9(11)5(2)6(8)7(4)10/h3,10H,1-2H3. The number of aromatic nitrogens is 1. The molecule has 0 spiro atoms. The Morgan fingerprint density at radius 2 is 2.09 bits per heavy atom. The molecule has 0 aromatic carbocycles. The number of pyridine rings is 1. The van der Waals surface area contributed by atoms with E-state index in [1.165, 1.54) is 6.20 Å². The van der Waals surface area contributed by atoms with E-state index in [1.54, 1.807) is 13.8 Å². The molecule has 0 amide bonds. The second-order valence-corrected chi connectivity index (χ2v) is 3.18. The molecule has 0 saturated carbocycles. The van der Waals surface area contributed by atoms with Crippen LogP contribution in [0.5, 0.6) is 5.75 Å². The van der Waals surface area contributed by atoms with E-state index in [-0.39, 0.29) is 5.75 Å². The van der Waals surface area contributed by atoms with Gasteiger partial charge in [0.25, 0.3) is 0 Å². The lowest BCUT2D eigenvalue weighted by molar-refractivity contribution is -0.613. The Morgan fingerprint density at radius 3 is 2.64 bits per heavy atom. The highest BCUT2D eigenvalue weighted by atomic mass is 79.9. The fraction of sp³-hybridized carbons (Fsp3) is 0.286. The normalized spacial score (nSPS) is 10.1. The molecular weight excluding hydrogens is 210 g/mol. The van der Waals surface area contributed by atoms with Crippen molar-refractivity contribution in [2.45, 2.75) is 13.8 Å². The van der Waals surface area contributed by atoms with Gasteiger partial charge in [-0.25, -0.2) is 0 Å². The molecule has 0 saturated heterocycles. The molecule has 0 fully saturated rings. The molecular formula is C7H8BrNO2. The fourth-order valence-corrected chi connectivity index (χ4v) is 1.26. The van der Waals surface area contributed by atoms with Crippen LogP contribution in [0.2, 0.25) is 0 Å². The molecule has 3 nitrogen and oxygen atoms in total. The molecule has 1 aromatic rings. The maximum Gasteiger partial charge on any atom is 0.207 e. The Hall–Kier alpha value is -0.770. The Balaban J connectivity index is 3.46. The van der Waals surface area contributed by atoms with Crippen molar-refractivity contribution >= 4 is 15.9 Å². The van der Waals surface area contributed by atoms with Crippen LogP contribution >= 0.6 is 15.9 Å². The van der Waals surface area contributed by atoms with Gasteiger partial charge in [0.2, 0.25) is 5.69 Å². The van der Waals surface area contributed by atoms with Crippen molar-refractivity contribution in [1.82, 2.24) is 0 Å². The first-order valence-electron chi connectivity index (χ1n) is 3.12. The van der Waals surface area contributed by atoms with Crippen molar-refractivity contribution in [3.8, 4) is 5.75 Å². The van der Waals surface area contributed by atoms with E-state index < -0.39 is 0 Å². The highest BCUT2D eigenvalue weighted by molar-refractivity contribution is 9.10. The summed E-state index contributed by atoms with van der Waals surface area (Å²) in [5, 5.41) is 20.3. The van der Waals surface area contributed by atoms with Crippen LogP contribution in [0.1, 0.15) is 11.3 Å². The van der Waals surface area contributed by atoms with Crippen molar-refractivity contribution in [1.29, 1.82) is 0 Å². The molecule has 4 heteroatoms. The molecule has 0 aliphatic heterocycles. The highest BCUT2D eigenvalue weighted by Crippen LogP contribution is 2.27. The first kappa shape index (κ1) is 8.33. The molecule has 0 bridgehead atoms. The van der Waals surface area contributed by atoms with Gasteiger partial charge in [-0.3, -0.25) is 0 Å². The summed E-state index contributed by atoms with van der Waals surface area (Å²) in [5.41, 5.74) is 1.03. The number of rotatable bonds is 0. The van der Waals surface area contributed by atoms with E-state index in [9.17, 15) is 10.3 Å². The summed E-state index contributed by atoms with van der Waals surface area (Å²) in [6, 6.07) is 0. The monoisotopic (exact) mass is 217 g/mol. The zero-order valence-electron chi connectivity index (χ0n) is 6.26. The van der Waals surface area contributed by atoms with Gasteiger partial charge in [-0.15, -0.1) is 0 Å². The Bertz CT molecular complexity index is 273. The van der Waals surface area contributed by atoms with Crippen LogP contribution in [0, 0.1) is 19.1 Å². The smallest absolute Gasteiger partial charge is 0.207 e. The summed E-state index contributed by atoms with van der Waals surface area (Å²) >= 11 is 3.11. The minimum atomic E-state index is 0.134. The first-order chi connectivity index (χ1) is 5.04. The van der Waals surface area contributed by atoms with E-state index in [1.807, 2.05) is 0 Å². The quantitative estimate of drug-likeness (QED) is 0.528. The average Bonchev–Trinajstić information content (AvgIpc) is 1.97. The lowest BCUT2D eigenvalue weighted by atomic mass is 10.2. The number of nitrogens with zero attached hydrogens (tertiary/aromatic N) is 1. The summed E-state index contributed by atoms with van der Waals surface area (Å²) in [4.78, 5) is 0. The van der Waals surface area contributed by atoms with Crippen molar-refractivity contribution in [3.05, 3.63) is 27.1 Å². The van der Waals surface area contributed by atoms with Gasteiger partial charge in [-0.1, -0.05) is 0 Å².